The van der Waals surface area contributed by atoms with Crippen LogP contribution in [0.1, 0.15) is 19.8 Å². The summed E-state index contributed by atoms with van der Waals surface area (Å²) in [6.07, 6.45) is 2.33. The fourth-order valence-electron chi connectivity index (χ4n) is 5.97. The number of carbonyl (C=O) groups is 1. The summed E-state index contributed by atoms with van der Waals surface area (Å²) in [5.74, 6) is 1.54. The van der Waals surface area contributed by atoms with Gasteiger partial charge in [-0.2, -0.15) is 0 Å². The van der Waals surface area contributed by atoms with Gasteiger partial charge in [-0.1, -0.05) is 0 Å². The first kappa shape index (κ1) is 19.0. The second-order valence-corrected chi connectivity index (χ2v) is 11.3. The zero-order valence-electron chi connectivity index (χ0n) is 17.1. The van der Waals surface area contributed by atoms with Crippen LogP contribution in [0.3, 0.4) is 0 Å². The summed E-state index contributed by atoms with van der Waals surface area (Å²) < 4.78 is 28.9. The van der Waals surface area contributed by atoms with Gasteiger partial charge in [-0.3, -0.25) is 0 Å². The van der Waals surface area contributed by atoms with Crippen LogP contribution in [-0.2, 0) is 9.84 Å². The number of benzene rings is 1. The summed E-state index contributed by atoms with van der Waals surface area (Å²) in [6.45, 7) is 4.26. The van der Waals surface area contributed by atoms with E-state index in [1.807, 2.05) is 31.0 Å². The molecule has 2 unspecified atom stereocenters. The minimum atomic E-state index is -2.98. The number of rotatable bonds is 4. The summed E-state index contributed by atoms with van der Waals surface area (Å²) in [5, 5.41) is 0. The Kier molecular flexibility index (Phi) is 4.28. The van der Waals surface area contributed by atoms with Crippen molar-refractivity contribution in [2.75, 3.05) is 49.7 Å². The summed E-state index contributed by atoms with van der Waals surface area (Å²) in [7, 11) is -1.07. The molecule has 0 aromatic heterocycles. The van der Waals surface area contributed by atoms with Gasteiger partial charge in [-0.05, 0) is 49.9 Å². The van der Waals surface area contributed by atoms with Crippen molar-refractivity contribution in [1.82, 2.24) is 9.80 Å². The number of fused-ring (bicyclic) bond motifs is 1. The molecule has 1 aromatic carbocycles. The minimum Gasteiger partial charge on any atom is -0.494 e. The fourth-order valence-corrected chi connectivity index (χ4v) is 7.17. The second-order valence-electron chi connectivity index (χ2n) is 8.97. The molecule has 3 heterocycles. The number of ether oxygens (including phenoxy) is 1. The van der Waals surface area contributed by atoms with E-state index in [1.165, 1.54) is 12.1 Å². The highest BCUT2D eigenvalue weighted by Crippen LogP contribution is 2.70. The number of hydrogen-bond donors (Lipinski definition) is 0. The van der Waals surface area contributed by atoms with Gasteiger partial charge in [0, 0.05) is 49.9 Å². The van der Waals surface area contributed by atoms with Crippen molar-refractivity contribution in [1.29, 1.82) is 0 Å². The molecule has 5 fully saturated rings. The highest BCUT2D eigenvalue weighted by atomic mass is 32.2. The topological polar surface area (TPSA) is 70.2 Å². The highest BCUT2D eigenvalue weighted by Gasteiger charge is 2.75. The van der Waals surface area contributed by atoms with Crippen molar-refractivity contribution in [3.05, 3.63) is 24.3 Å². The first-order valence-corrected chi connectivity index (χ1v) is 12.4. The highest BCUT2D eigenvalue weighted by molar-refractivity contribution is 7.91. The number of carbonyl (C=O) groups excluding carboxylic acids is 1. The predicted molar refractivity (Wildman–Crippen MR) is 111 cm³/mol. The van der Waals surface area contributed by atoms with E-state index >= 15 is 0 Å². The molecule has 6 rings (SSSR count). The van der Waals surface area contributed by atoms with E-state index in [-0.39, 0.29) is 29.0 Å². The number of nitrogens with zero attached hydrogens (tertiary/aromatic N) is 3. The van der Waals surface area contributed by atoms with Gasteiger partial charge in [0.25, 0.3) is 0 Å². The average molecular weight is 420 g/mol. The number of urea groups is 1. The molecule has 3 saturated heterocycles. The van der Waals surface area contributed by atoms with Crippen LogP contribution in [0.5, 0.6) is 5.75 Å². The van der Waals surface area contributed by atoms with Crippen LogP contribution < -0.4 is 9.64 Å². The lowest BCUT2D eigenvalue weighted by Gasteiger charge is -2.57. The molecule has 29 heavy (non-hydrogen) atoms. The largest absolute Gasteiger partial charge is 0.494 e. The third-order valence-corrected chi connectivity index (χ3v) is 8.98. The van der Waals surface area contributed by atoms with E-state index in [0.29, 0.717) is 31.7 Å². The van der Waals surface area contributed by atoms with Gasteiger partial charge >= 0.3 is 6.03 Å². The van der Waals surface area contributed by atoms with E-state index in [0.717, 1.165) is 18.7 Å². The quantitative estimate of drug-likeness (QED) is 0.745. The maximum absolute atomic E-state index is 13.0. The van der Waals surface area contributed by atoms with Crippen molar-refractivity contribution in [2.45, 2.75) is 31.8 Å². The van der Waals surface area contributed by atoms with Crippen molar-refractivity contribution in [3.63, 3.8) is 0 Å². The van der Waals surface area contributed by atoms with Gasteiger partial charge in [0.15, 0.2) is 9.84 Å². The van der Waals surface area contributed by atoms with Gasteiger partial charge in [0.2, 0.25) is 0 Å². The molecule has 3 aliphatic heterocycles. The van der Waals surface area contributed by atoms with E-state index in [9.17, 15) is 13.2 Å². The molecule has 1 spiro atoms. The summed E-state index contributed by atoms with van der Waals surface area (Å²) in [4.78, 5) is 19.2. The lowest BCUT2D eigenvalue weighted by molar-refractivity contribution is -0.00903. The number of sulfone groups is 1. The third-order valence-electron chi connectivity index (χ3n) is 7.38. The molecule has 0 N–H and O–H groups in total. The van der Waals surface area contributed by atoms with E-state index in [4.69, 9.17) is 4.74 Å². The average Bonchev–Trinajstić information content (AvgIpc) is 3.46. The Morgan fingerprint density at radius 2 is 1.90 bits per heavy atom. The number of hydrogen-bond acceptors (Lipinski definition) is 5. The standard InChI is InChI=1S/C21H29N3O4S/c1-3-28-17-6-4-16(5-7-17)24-14-15-12-21(13-18(21)24)19(15)22(2)20(25)23-8-10-29(26,27)11-9-23/h4-7,15,18-19H,3,8-14H2,1-2H3/t15-,18+,19?,21?/m0/s1. The maximum atomic E-state index is 13.0. The normalized spacial score (nSPS) is 34.1. The van der Waals surface area contributed by atoms with Crippen LogP contribution in [0.15, 0.2) is 24.3 Å². The van der Waals surface area contributed by atoms with Crippen LogP contribution in [0, 0.1) is 11.3 Å². The van der Waals surface area contributed by atoms with Crippen LogP contribution >= 0.6 is 0 Å². The van der Waals surface area contributed by atoms with Crippen LogP contribution in [0.4, 0.5) is 10.5 Å². The van der Waals surface area contributed by atoms with Crippen LogP contribution in [0.2, 0.25) is 0 Å². The Bertz CT molecular complexity index is 904. The Morgan fingerprint density at radius 3 is 2.55 bits per heavy atom. The van der Waals surface area contributed by atoms with Crippen molar-refractivity contribution in [2.24, 2.45) is 11.3 Å². The number of amides is 2. The van der Waals surface area contributed by atoms with Crippen molar-refractivity contribution >= 4 is 21.6 Å². The summed E-state index contributed by atoms with van der Waals surface area (Å²) in [6, 6.07) is 9.11. The molecular formula is C21H29N3O4S. The number of anilines is 1. The first-order valence-electron chi connectivity index (χ1n) is 10.6. The monoisotopic (exact) mass is 419 g/mol. The van der Waals surface area contributed by atoms with Gasteiger partial charge in [-0.15, -0.1) is 0 Å². The smallest absolute Gasteiger partial charge is 0.320 e. The van der Waals surface area contributed by atoms with E-state index < -0.39 is 9.84 Å². The molecule has 2 bridgehead atoms. The second kappa shape index (κ2) is 6.52. The van der Waals surface area contributed by atoms with Crippen LogP contribution in [0.25, 0.3) is 0 Å². The van der Waals surface area contributed by atoms with Gasteiger partial charge in [0.1, 0.15) is 5.75 Å². The zero-order valence-corrected chi connectivity index (χ0v) is 17.9. The molecule has 8 heteroatoms. The van der Waals surface area contributed by atoms with Crippen molar-refractivity contribution < 1.29 is 17.9 Å². The van der Waals surface area contributed by atoms with Gasteiger partial charge < -0.3 is 19.4 Å². The molecular weight excluding hydrogens is 390 g/mol. The molecule has 1 aromatic rings. The summed E-state index contributed by atoms with van der Waals surface area (Å²) in [5.41, 5.74) is 1.45. The Morgan fingerprint density at radius 1 is 1.21 bits per heavy atom. The molecule has 4 atom stereocenters. The fraction of sp³-hybridized carbons (Fsp3) is 0.667. The lowest BCUT2D eigenvalue weighted by Crippen LogP contribution is -2.66. The Labute approximate surface area is 172 Å². The number of piperidine rings is 2. The van der Waals surface area contributed by atoms with E-state index in [1.54, 1.807) is 4.90 Å². The minimum absolute atomic E-state index is 0.00542. The first-order chi connectivity index (χ1) is 13.8. The van der Waals surface area contributed by atoms with E-state index in [2.05, 4.69) is 17.0 Å². The Balaban J connectivity index is 1.26. The Hall–Kier alpha value is -1.96. The zero-order chi connectivity index (χ0) is 20.4. The van der Waals surface area contributed by atoms with Crippen LogP contribution in [-0.4, -0.2) is 81.1 Å². The predicted octanol–water partition coefficient (Wildman–Crippen LogP) is 1.83. The molecule has 2 saturated carbocycles. The maximum Gasteiger partial charge on any atom is 0.320 e. The lowest BCUT2D eigenvalue weighted by atomic mass is 9.63. The third kappa shape index (κ3) is 2.98. The molecule has 2 aliphatic carbocycles. The van der Waals surface area contributed by atoms with Gasteiger partial charge in [0.05, 0.1) is 18.1 Å². The SMILES string of the molecule is CCOc1ccc(N2C[C@@H]3CC4(C[C@@H]24)C3N(C)C(=O)N2CCS(=O)(=O)CC2)cc1. The molecule has 158 valence electrons. The summed E-state index contributed by atoms with van der Waals surface area (Å²) >= 11 is 0. The molecule has 2 amide bonds. The molecule has 5 aliphatic rings. The molecule has 7 nitrogen and oxygen atoms in total. The van der Waals surface area contributed by atoms with Gasteiger partial charge in [-0.25, -0.2) is 13.2 Å². The molecule has 0 radical (unpaired) electrons. The van der Waals surface area contributed by atoms with Crippen molar-refractivity contribution in [3.8, 4) is 5.75 Å².